The van der Waals surface area contributed by atoms with Gasteiger partial charge in [0.15, 0.2) is 5.60 Å². The van der Waals surface area contributed by atoms with E-state index in [-0.39, 0.29) is 74.8 Å². The third-order valence-electron chi connectivity index (χ3n) is 6.68. The van der Waals surface area contributed by atoms with Gasteiger partial charge in [0.25, 0.3) is 11.5 Å². The van der Waals surface area contributed by atoms with Gasteiger partial charge in [0.2, 0.25) is 0 Å². The first-order valence-electron chi connectivity index (χ1n) is 10.2. The molecule has 7 nitrogen and oxygen atoms in total. The van der Waals surface area contributed by atoms with Gasteiger partial charge in [0, 0.05) is 27.0 Å². The lowest BCUT2D eigenvalue weighted by Gasteiger charge is -2.31. The SMILES string of the molecule is CC[C@@]1(O)C(=O)OCc2c1cc1n(c2=O)Cc2c-1nc1cc(Cl)c(N)c3c1c2C(F)(F)CS3. The molecule has 3 aromatic rings. The number of fused-ring (bicyclic) bond motifs is 5. The second kappa shape index (κ2) is 6.46. The van der Waals surface area contributed by atoms with Gasteiger partial charge >= 0.3 is 5.97 Å². The highest BCUT2D eigenvalue weighted by Crippen LogP contribution is 2.53. The molecule has 0 saturated heterocycles. The van der Waals surface area contributed by atoms with Crippen molar-refractivity contribution in [3.05, 3.63) is 49.8 Å². The van der Waals surface area contributed by atoms with Crippen molar-refractivity contribution in [2.45, 2.75) is 42.9 Å². The second-order valence-corrected chi connectivity index (χ2v) is 9.80. The number of nitrogens with zero attached hydrogens (tertiary/aromatic N) is 2. The van der Waals surface area contributed by atoms with E-state index in [2.05, 4.69) is 4.98 Å². The van der Waals surface area contributed by atoms with Crippen LogP contribution in [0, 0.1) is 0 Å². The number of nitrogens with two attached hydrogens (primary N) is 1. The van der Waals surface area contributed by atoms with Crippen molar-refractivity contribution in [1.82, 2.24) is 9.55 Å². The normalized spacial score (nSPS) is 22.0. The number of hydrogen-bond acceptors (Lipinski definition) is 7. The molecular formula is C22H16ClF2N3O4S. The van der Waals surface area contributed by atoms with Gasteiger partial charge in [-0.2, -0.15) is 0 Å². The van der Waals surface area contributed by atoms with E-state index in [4.69, 9.17) is 22.1 Å². The van der Waals surface area contributed by atoms with Crippen molar-refractivity contribution < 1.29 is 23.4 Å². The lowest BCUT2D eigenvalue weighted by Crippen LogP contribution is -2.44. The number of aliphatic hydroxyl groups is 1. The summed E-state index contributed by atoms with van der Waals surface area (Å²) in [6.07, 6.45) is -0.0154. The zero-order chi connectivity index (χ0) is 23.4. The van der Waals surface area contributed by atoms with E-state index < -0.39 is 28.8 Å². The molecule has 3 N–H and O–H groups in total. The summed E-state index contributed by atoms with van der Waals surface area (Å²) in [7, 11) is 0. The molecule has 170 valence electrons. The summed E-state index contributed by atoms with van der Waals surface area (Å²) >= 11 is 7.19. The van der Waals surface area contributed by atoms with Gasteiger partial charge in [0.1, 0.15) is 6.61 Å². The number of rotatable bonds is 1. The molecule has 0 radical (unpaired) electrons. The molecule has 11 heteroatoms. The van der Waals surface area contributed by atoms with Gasteiger partial charge in [-0.3, -0.25) is 4.79 Å². The molecule has 6 rings (SSSR count). The van der Waals surface area contributed by atoms with Crippen molar-refractivity contribution in [2.75, 3.05) is 11.5 Å². The maximum absolute atomic E-state index is 15.3. The smallest absolute Gasteiger partial charge is 0.343 e. The molecular weight excluding hydrogens is 476 g/mol. The van der Waals surface area contributed by atoms with E-state index in [1.165, 1.54) is 16.7 Å². The van der Waals surface area contributed by atoms with Crippen LogP contribution < -0.4 is 11.3 Å². The summed E-state index contributed by atoms with van der Waals surface area (Å²) in [5.41, 5.74) is 4.78. The van der Waals surface area contributed by atoms with Crippen molar-refractivity contribution >= 4 is 45.9 Å². The molecule has 3 aliphatic heterocycles. The second-order valence-electron chi connectivity index (χ2n) is 8.41. The number of pyridine rings is 2. The molecule has 0 bridgehead atoms. The number of cyclic esters (lactones) is 1. The molecule has 0 unspecified atom stereocenters. The zero-order valence-corrected chi connectivity index (χ0v) is 18.7. The number of aromatic nitrogens is 2. The molecule has 0 amide bonds. The summed E-state index contributed by atoms with van der Waals surface area (Å²) in [6.45, 7) is 1.18. The lowest BCUT2D eigenvalue weighted by molar-refractivity contribution is -0.172. The Morgan fingerprint density at radius 2 is 2.09 bits per heavy atom. The number of nitrogen functional groups attached to an aromatic ring is 1. The fraction of sp³-hybridized carbons (Fsp3) is 0.318. The molecule has 3 aliphatic rings. The fourth-order valence-electron chi connectivity index (χ4n) is 4.98. The number of esters is 1. The monoisotopic (exact) mass is 491 g/mol. The molecule has 0 spiro atoms. The highest BCUT2D eigenvalue weighted by molar-refractivity contribution is 7.99. The first-order chi connectivity index (χ1) is 15.6. The Morgan fingerprint density at radius 1 is 1.33 bits per heavy atom. The van der Waals surface area contributed by atoms with Crippen LogP contribution in [0.25, 0.3) is 22.3 Å². The van der Waals surface area contributed by atoms with Crippen molar-refractivity contribution in [1.29, 1.82) is 0 Å². The number of anilines is 1. The summed E-state index contributed by atoms with van der Waals surface area (Å²) < 4.78 is 37.0. The minimum Gasteiger partial charge on any atom is -0.458 e. The average Bonchev–Trinajstić information content (AvgIpc) is 3.14. The number of hydrogen-bond donors (Lipinski definition) is 2. The third-order valence-corrected chi connectivity index (χ3v) is 8.22. The number of ether oxygens (including phenoxy) is 1. The van der Waals surface area contributed by atoms with Crippen LogP contribution in [-0.2, 0) is 34.2 Å². The highest BCUT2D eigenvalue weighted by Gasteiger charge is 2.47. The molecule has 2 aromatic heterocycles. The van der Waals surface area contributed by atoms with E-state index in [0.29, 0.717) is 4.90 Å². The minimum atomic E-state index is -3.18. The van der Waals surface area contributed by atoms with E-state index in [0.717, 1.165) is 11.8 Å². The Balaban J connectivity index is 1.72. The molecule has 0 aliphatic carbocycles. The van der Waals surface area contributed by atoms with Crippen molar-refractivity contribution in [3.63, 3.8) is 0 Å². The van der Waals surface area contributed by atoms with Gasteiger partial charge in [-0.1, -0.05) is 18.5 Å². The van der Waals surface area contributed by atoms with E-state index in [9.17, 15) is 14.7 Å². The van der Waals surface area contributed by atoms with Crippen LogP contribution in [0.3, 0.4) is 0 Å². The maximum atomic E-state index is 15.3. The lowest BCUT2D eigenvalue weighted by atomic mass is 9.86. The molecule has 1 aromatic carbocycles. The van der Waals surface area contributed by atoms with E-state index in [1.54, 1.807) is 6.92 Å². The minimum absolute atomic E-state index is 0.0154. The number of carbonyl (C=O) groups is 1. The first-order valence-corrected chi connectivity index (χ1v) is 11.6. The Labute approximate surface area is 194 Å². The Bertz CT molecular complexity index is 1510. The molecule has 1 atom stereocenters. The summed E-state index contributed by atoms with van der Waals surface area (Å²) in [5.74, 6) is -4.55. The van der Waals surface area contributed by atoms with Crippen LogP contribution in [0.2, 0.25) is 5.02 Å². The van der Waals surface area contributed by atoms with Crippen LogP contribution >= 0.6 is 23.4 Å². The number of halogens is 3. The molecule has 33 heavy (non-hydrogen) atoms. The Morgan fingerprint density at radius 3 is 2.82 bits per heavy atom. The summed E-state index contributed by atoms with van der Waals surface area (Å²) in [6, 6.07) is 2.94. The molecule has 5 heterocycles. The number of benzene rings is 1. The van der Waals surface area contributed by atoms with Gasteiger partial charge in [-0.25, -0.2) is 18.6 Å². The van der Waals surface area contributed by atoms with Crippen LogP contribution in [0.15, 0.2) is 21.8 Å². The van der Waals surface area contributed by atoms with Gasteiger partial charge in [-0.05, 0) is 18.6 Å². The van der Waals surface area contributed by atoms with E-state index >= 15 is 8.78 Å². The topological polar surface area (TPSA) is 107 Å². The molecule has 0 fully saturated rings. The quantitative estimate of drug-likeness (QED) is 0.310. The maximum Gasteiger partial charge on any atom is 0.343 e. The zero-order valence-electron chi connectivity index (χ0n) is 17.2. The predicted molar refractivity (Wildman–Crippen MR) is 119 cm³/mol. The van der Waals surface area contributed by atoms with Gasteiger partial charge < -0.3 is 20.1 Å². The Hall–Kier alpha value is -2.69. The van der Waals surface area contributed by atoms with Crippen molar-refractivity contribution in [2.24, 2.45) is 0 Å². The average molecular weight is 492 g/mol. The predicted octanol–water partition coefficient (Wildman–Crippen LogP) is 3.51. The van der Waals surface area contributed by atoms with Crippen LogP contribution in [-0.4, -0.2) is 26.4 Å². The molecule has 0 saturated carbocycles. The largest absolute Gasteiger partial charge is 0.458 e. The van der Waals surface area contributed by atoms with E-state index in [1.807, 2.05) is 0 Å². The van der Waals surface area contributed by atoms with Gasteiger partial charge in [-0.15, -0.1) is 11.8 Å². The highest BCUT2D eigenvalue weighted by atomic mass is 35.5. The summed E-state index contributed by atoms with van der Waals surface area (Å²) in [4.78, 5) is 30.7. The van der Waals surface area contributed by atoms with Crippen LogP contribution in [0.4, 0.5) is 14.5 Å². The Kier molecular flexibility index (Phi) is 4.09. The van der Waals surface area contributed by atoms with Gasteiger partial charge in [0.05, 0.1) is 45.5 Å². The number of thioether (sulfide) groups is 1. The van der Waals surface area contributed by atoms with Crippen LogP contribution in [0.1, 0.15) is 35.6 Å². The summed E-state index contributed by atoms with van der Waals surface area (Å²) in [5, 5.41) is 11.4. The van der Waals surface area contributed by atoms with Crippen molar-refractivity contribution in [3.8, 4) is 11.4 Å². The standard InChI is InChI=1S/C22H16ClF2N3O4S/c1-2-21(31)10-3-13-17-8(5-28(13)19(29)9(10)6-32-20(21)30)15-14-12(27-17)4-11(23)16(26)18(14)33-7-22(15,24)25/h3-4,31H,2,5-7,26H2,1H3/t21-/m0/s1. The first kappa shape index (κ1) is 20.9. The third kappa shape index (κ3) is 2.51. The van der Waals surface area contributed by atoms with Crippen LogP contribution in [0.5, 0.6) is 0 Å². The number of alkyl halides is 2. The fourth-order valence-corrected chi connectivity index (χ4v) is 6.32. The number of carbonyl (C=O) groups excluding carboxylic acids is 1.